The van der Waals surface area contributed by atoms with Gasteiger partial charge in [0.1, 0.15) is 5.82 Å². The third-order valence-corrected chi connectivity index (χ3v) is 4.92. The first-order valence-electron chi connectivity index (χ1n) is 6.77. The lowest BCUT2D eigenvalue weighted by Gasteiger charge is -2.11. The Balaban J connectivity index is 2.74. The molecule has 1 amide bonds. The number of pyridine rings is 1. The van der Waals surface area contributed by atoms with Gasteiger partial charge in [0.05, 0.1) is 11.3 Å². The molecule has 1 aromatic heterocycles. The maximum absolute atomic E-state index is 12.1. The van der Waals surface area contributed by atoms with Crippen molar-refractivity contribution in [1.29, 1.82) is 0 Å². The molecule has 0 aliphatic carbocycles. The highest BCUT2D eigenvalue weighted by Gasteiger charge is 2.14. The van der Waals surface area contributed by atoms with Crippen LogP contribution in [0, 0.1) is 0 Å². The molecule has 0 saturated carbocycles. The van der Waals surface area contributed by atoms with Crippen LogP contribution in [0.2, 0.25) is 0 Å². The predicted octanol–water partition coefficient (Wildman–Crippen LogP) is 1.83. The number of carbonyl (C=O) groups excluding carboxylic acids is 1. The predicted molar refractivity (Wildman–Crippen MR) is 87.4 cm³/mol. The fourth-order valence-electron chi connectivity index (χ4n) is 1.56. The van der Waals surface area contributed by atoms with Gasteiger partial charge in [0.2, 0.25) is 0 Å². The lowest BCUT2D eigenvalue weighted by atomic mass is 10.2. The van der Waals surface area contributed by atoms with E-state index in [-0.39, 0.29) is 24.0 Å². The Bertz CT molecular complexity index is 590. The van der Waals surface area contributed by atoms with E-state index in [4.69, 9.17) is 0 Å². The Hall–Kier alpha value is -1.15. The molecule has 118 valence electrons. The van der Waals surface area contributed by atoms with Crippen molar-refractivity contribution in [3.63, 3.8) is 0 Å². The molecule has 8 heteroatoms. The Morgan fingerprint density at radius 3 is 2.67 bits per heavy atom. The number of nitrogens with zero attached hydrogens (tertiary/aromatic N) is 1. The van der Waals surface area contributed by atoms with Crippen molar-refractivity contribution < 1.29 is 13.2 Å². The van der Waals surface area contributed by atoms with Gasteiger partial charge < -0.3 is 10.6 Å². The number of hydrogen-bond donors (Lipinski definition) is 2. The zero-order chi connectivity index (χ0) is 15.9. The van der Waals surface area contributed by atoms with E-state index in [1.165, 1.54) is 0 Å². The van der Waals surface area contributed by atoms with Crippen LogP contribution in [0.1, 0.15) is 30.6 Å². The number of sulfone groups is 1. The summed E-state index contributed by atoms with van der Waals surface area (Å²) in [6, 6.07) is 1.66. The zero-order valence-electron chi connectivity index (χ0n) is 12.1. The third-order valence-electron chi connectivity index (χ3n) is 2.78. The highest BCUT2D eigenvalue weighted by Crippen LogP contribution is 2.18. The number of anilines is 1. The maximum atomic E-state index is 12.1. The first-order valence-corrected chi connectivity index (χ1v) is 9.39. The lowest BCUT2D eigenvalue weighted by Crippen LogP contribution is -2.30. The summed E-state index contributed by atoms with van der Waals surface area (Å²) in [6.07, 6.45) is 2.52. The standard InChI is InChI=1S/C13H20BrN3O3S/c1-3-5-15-12-11(8-10(14)9-17-12)13(18)16-6-7-21(19,20)4-2/h8-9H,3-7H2,1-2H3,(H,15,17)(H,16,18). The van der Waals surface area contributed by atoms with Crippen LogP contribution in [0.25, 0.3) is 0 Å². The van der Waals surface area contributed by atoms with Crippen LogP contribution >= 0.6 is 15.9 Å². The van der Waals surface area contributed by atoms with E-state index in [2.05, 4.69) is 31.5 Å². The second-order valence-corrected chi connectivity index (χ2v) is 7.86. The highest BCUT2D eigenvalue weighted by atomic mass is 79.9. The van der Waals surface area contributed by atoms with Crippen molar-refractivity contribution in [3.05, 3.63) is 22.3 Å². The van der Waals surface area contributed by atoms with Crippen molar-refractivity contribution >= 4 is 37.5 Å². The van der Waals surface area contributed by atoms with Gasteiger partial charge in [-0.25, -0.2) is 13.4 Å². The summed E-state index contributed by atoms with van der Waals surface area (Å²) in [6.45, 7) is 4.40. The van der Waals surface area contributed by atoms with Gasteiger partial charge in [-0.3, -0.25) is 4.79 Å². The minimum Gasteiger partial charge on any atom is -0.369 e. The van der Waals surface area contributed by atoms with Crippen molar-refractivity contribution in [2.24, 2.45) is 0 Å². The van der Waals surface area contributed by atoms with Crippen molar-refractivity contribution in [2.45, 2.75) is 20.3 Å². The van der Waals surface area contributed by atoms with Gasteiger partial charge in [-0.1, -0.05) is 13.8 Å². The van der Waals surface area contributed by atoms with E-state index in [1.807, 2.05) is 6.92 Å². The molecule has 0 radical (unpaired) electrons. The zero-order valence-corrected chi connectivity index (χ0v) is 14.6. The minimum absolute atomic E-state index is 0.0611. The van der Waals surface area contributed by atoms with Crippen LogP contribution in [0.3, 0.4) is 0 Å². The number of carbonyl (C=O) groups is 1. The largest absolute Gasteiger partial charge is 0.369 e. The Kier molecular flexibility index (Phi) is 7.10. The van der Waals surface area contributed by atoms with Gasteiger partial charge in [0, 0.05) is 29.5 Å². The fraction of sp³-hybridized carbons (Fsp3) is 0.538. The van der Waals surface area contributed by atoms with E-state index in [1.54, 1.807) is 19.2 Å². The second kappa shape index (κ2) is 8.33. The molecule has 2 N–H and O–H groups in total. The Labute approximate surface area is 133 Å². The van der Waals surface area contributed by atoms with Crippen LogP contribution in [0.15, 0.2) is 16.7 Å². The van der Waals surface area contributed by atoms with E-state index in [0.717, 1.165) is 6.42 Å². The van der Waals surface area contributed by atoms with Crippen LogP contribution in [0.5, 0.6) is 0 Å². The molecule has 1 aromatic rings. The highest BCUT2D eigenvalue weighted by molar-refractivity contribution is 9.10. The van der Waals surface area contributed by atoms with Gasteiger partial charge in [-0.05, 0) is 28.4 Å². The molecule has 0 unspecified atom stereocenters. The normalized spacial score (nSPS) is 11.2. The molecule has 0 bridgehead atoms. The summed E-state index contributed by atoms with van der Waals surface area (Å²) >= 11 is 3.28. The molecular weight excluding hydrogens is 358 g/mol. The molecule has 1 rings (SSSR count). The molecule has 0 atom stereocenters. The number of nitrogens with one attached hydrogen (secondary N) is 2. The summed E-state index contributed by atoms with van der Waals surface area (Å²) in [7, 11) is -3.09. The summed E-state index contributed by atoms with van der Waals surface area (Å²) in [5, 5.41) is 5.69. The van der Waals surface area contributed by atoms with Gasteiger partial charge in [-0.2, -0.15) is 0 Å². The lowest BCUT2D eigenvalue weighted by molar-refractivity contribution is 0.0956. The quantitative estimate of drug-likeness (QED) is 0.721. The Morgan fingerprint density at radius 1 is 1.33 bits per heavy atom. The maximum Gasteiger partial charge on any atom is 0.255 e. The SMILES string of the molecule is CCCNc1ncc(Br)cc1C(=O)NCCS(=O)(=O)CC. The molecule has 0 spiro atoms. The first-order chi connectivity index (χ1) is 9.89. The number of rotatable bonds is 8. The van der Waals surface area contributed by atoms with E-state index in [9.17, 15) is 13.2 Å². The average molecular weight is 378 g/mol. The van der Waals surface area contributed by atoms with Crippen molar-refractivity contribution in [2.75, 3.05) is 29.9 Å². The number of amides is 1. The molecule has 6 nitrogen and oxygen atoms in total. The summed E-state index contributed by atoms with van der Waals surface area (Å²) < 4.78 is 23.5. The molecule has 1 heterocycles. The fourth-order valence-corrected chi connectivity index (χ4v) is 2.59. The van der Waals surface area contributed by atoms with E-state index in [0.29, 0.717) is 22.4 Å². The second-order valence-electron chi connectivity index (χ2n) is 4.47. The van der Waals surface area contributed by atoms with Crippen LogP contribution < -0.4 is 10.6 Å². The number of halogens is 1. The Morgan fingerprint density at radius 2 is 2.05 bits per heavy atom. The van der Waals surface area contributed by atoms with Crippen molar-refractivity contribution in [3.8, 4) is 0 Å². The summed E-state index contributed by atoms with van der Waals surface area (Å²) in [5.41, 5.74) is 0.395. The first kappa shape index (κ1) is 17.9. The van der Waals surface area contributed by atoms with E-state index < -0.39 is 9.84 Å². The number of aromatic nitrogens is 1. The van der Waals surface area contributed by atoms with Gasteiger partial charge >= 0.3 is 0 Å². The van der Waals surface area contributed by atoms with E-state index >= 15 is 0 Å². The molecule has 0 fully saturated rings. The monoisotopic (exact) mass is 377 g/mol. The van der Waals surface area contributed by atoms with Gasteiger partial charge in [-0.15, -0.1) is 0 Å². The smallest absolute Gasteiger partial charge is 0.255 e. The topological polar surface area (TPSA) is 88.2 Å². The summed E-state index contributed by atoms with van der Waals surface area (Å²) in [4.78, 5) is 16.3. The van der Waals surface area contributed by atoms with Crippen molar-refractivity contribution in [1.82, 2.24) is 10.3 Å². The van der Waals surface area contributed by atoms with Gasteiger partial charge in [0.25, 0.3) is 5.91 Å². The molecule has 0 aliphatic rings. The number of hydrogen-bond acceptors (Lipinski definition) is 5. The molecule has 0 aliphatic heterocycles. The molecule has 0 aromatic carbocycles. The third kappa shape index (κ3) is 6.01. The van der Waals surface area contributed by atoms with Gasteiger partial charge in [0.15, 0.2) is 9.84 Å². The molecule has 0 saturated heterocycles. The van der Waals surface area contributed by atoms with Crippen LogP contribution in [-0.4, -0.2) is 43.9 Å². The average Bonchev–Trinajstić information content (AvgIpc) is 2.45. The minimum atomic E-state index is -3.09. The van der Waals surface area contributed by atoms with Crippen LogP contribution in [-0.2, 0) is 9.84 Å². The molecular formula is C13H20BrN3O3S. The summed E-state index contributed by atoms with van der Waals surface area (Å²) in [5.74, 6) is 0.170. The van der Waals surface area contributed by atoms with Crippen LogP contribution in [0.4, 0.5) is 5.82 Å². The molecule has 21 heavy (non-hydrogen) atoms.